The zero-order chi connectivity index (χ0) is 16.7. The van der Waals surface area contributed by atoms with Gasteiger partial charge in [0.15, 0.2) is 0 Å². The van der Waals surface area contributed by atoms with Gasteiger partial charge in [0.1, 0.15) is 5.75 Å². The van der Waals surface area contributed by atoms with Crippen molar-refractivity contribution >= 4 is 23.4 Å². The molecule has 0 saturated carbocycles. The average molecular weight is 331 g/mol. The second-order valence-corrected chi connectivity index (χ2v) is 6.47. The zero-order valence-electron chi connectivity index (χ0n) is 13.5. The summed E-state index contributed by atoms with van der Waals surface area (Å²) in [7, 11) is 3.29. The molecule has 122 valence electrons. The minimum absolute atomic E-state index is 0.0274. The molecule has 0 aliphatic heterocycles. The molecule has 1 N–H and O–H groups in total. The number of nitrogens with one attached hydrogen (secondary N) is 1. The number of hydrogen-bond donors (Lipinski definition) is 1. The molecule has 1 amide bonds. The van der Waals surface area contributed by atoms with Crippen LogP contribution in [-0.4, -0.2) is 25.4 Å². The van der Waals surface area contributed by atoms with Gasteiger partial charge in [0.25, 0.3) is 0 Å². The van der Waals surface area contributed by atoms with E-state index in [-0.39, 0.29) is 11.2 Å². The molecule has 1 unspecified atom stereocenters. The second-order valence-electron chi connectivity index (χ2n) is 5.06. The topological polar surface area (TPSA) is 47.6 Å². The maximum absolute atomic E-state index is 12.3. The Morgan fingerprint density at radius 3 is 2.57 bits per heavy atom. The van der Waals surface area contributed by atoms with E-state index in [9.17, 15) is 4.79 Å². The van der Waals surface area contributed by atoms with Crippen molar-refractivity contribution in [3.05, 3.63) is 54.1 Å². The lowest BCUT2D eigenvalue weighted by atomic mass is 10.2. The van der Waals surface area contributed by atoms with E-state index in [4.69, 9.17) is 9.47 Å². The summed E-state index contributed by atoms with van der Waals surface area (Å²) in [5.74, 6) is 0.779. The largest absolute Gasteiger partial charge is 0.497 e. The van der Waals surface area contributed by atoms with Crippen molar-refractivity contribution in [2.45, 2.75) is 23.7 Å². The first-order valence-electron chi connectivity index (χ1n) is 7.32. The number of amides is 1. The molecule has 2 aromatic rings. The highest BCUT2D eigenvalue weighted by atomic mass is 32.2. The maximum atomic E-state index is 12.3. The van der Waals surface area contributed by atoms with Crippen molar-refractivity contribution in [3.8, 4) is 5.75 Å². The molecule has 23 heavy (non-hydrogen) atoms. The van der Waals surface area contributed by atoms with Gasteiger partial charge in [-0.05, 0) is 48.9 Å². The summed E-state index contributed by atoms with van der Waals surface area (Å²) >= 11 is 1.51. The molecule has 0 fully saturated rings. The molecule has 0 aliphatic carbocycles. The van der Waals surface area contributed by atoms with Crippen LogP contribution in [0.4, 0.5) is 5.69 Å². The number of hydrogen-bond acceptors (Lipinski definition) is 4. The highest BCUT2D eigenvalue weighted by molar-refractivity contribution is 8.00. The molecule has 5 heteroatoms. The standard InChI is InChI=1S/C18H21NO3S/c1-13(23-17-9-7-16(22-3)8-10-17)18(20)19-15-6-4-5-14(11-15)12-21-2/h4-11,13H,12H2,1-3H3,(H,19,20). The third-order valence-electron chi connectivity index (χ3n) is 3.25. The van der Waals surface area contributed by atoms with Crippen molar-refractivity contribution < 1.29 is 14.3 Å². The van der Waals surface area contributed by atoms with Crippen LogP contribution < -0.4 is 10.1 Å². The van der Waals surface area contributed by atoms with Gasteiger partial charge in [0.05, 0.1) is 19.0 Å². The molecule has 2 aromatic carbocycles. The fourth-order valence-electron chi connectivity index (χ4n) is 2.06. The Bertz CT molecular complexity index is 643. The second kappa shape index (κ2) is 8.60. The number of rotatable bonds is 7. The molecule has 0 spiro atoms. The first-order valence-corrected chi connectivity index (χ1v) is 8.20. The van der Waals surface area contributed by atoms with Gasteiger partial charge in [-0.25, -0.2) is 0 Å². The predicted octanol–water partition coefficient (Wildman–Crippen LogP) is 3.96. The summed E-state index contributed by atoms with van der Waals surface area (Å²) < 4.78 is 10.2. The van der Waals surface area contributed by atoms with Crippen molar-refractivity contribution in [1.29, 1.82) is 0 Å². The summed E-state index contributed by atoms with van der Waals surface area (Å²) in [4.78, 5) is 13.4. The molecule has 0 radical (unpaired) electrons. The maximum Gasteiger partial charge on any atom is 0.237 e. The van der Waals surface area contributed by atoms with Gasteiger partial charge in [0, 0.05) is 17.7 Å². The first kappa shape index (κ1) is 17.4. The third kappa shape index (κ3) is 5.30. The van der Waals surface area contributed by atoms with Crippen LogP contribution >= 0.6 is 11.8 Å². The number of anilines is 1. The smallest absolute Gasteiger partial charge is 0.237 e. The Balaban J connectivity index is 1.95. The molecule has 4 nitrogen and oxygen atoms in total. The molecule has 0 aliphatic rings. The Hall–Kier alpha value is -1.98. The summed E-state index contributed by atoms with van der Waals surface area (Å²) in [6, 6.07) is 15.4. The van der Waals surface area contributed by atoms with Gasteiger partial charge >= 0.3 is 0 Å². The van der Waals surface area contributed by atoms with Crippen molar-refractivity contribution in [3.63, 3.8) is 0 Å². The summed E-state index contributed by atoms with van der Waals surface area (Å²) in [5, 5.41) is 2.74. The molecule has 1 atom stereocenters. The van der Waals surface area contributed by atoms with Gasteiger partial charge in [-0.2, -0.15) is 0 Å². The van der Waals surface area contributed by atoms with E-state index < -0.39 is 0 Å². The Morgan fingerprint density at radius 1 is 1.17 bits per heavy atom. The van der Waals surface area contributed by atoms with Crippen LogP contribution in [0.5, 0.6) is 5.75 Å². The Labute approximate surface area is 141 Å². The fraction of sp³-hybridized carbons (Fsp3) is 0.278. The van der Waals surface area contributed by atoms with Crippen LogP contribution in [-0.2, 0) is 16.1 Å². The number of methoxy groups -OCH3 is 2. The quantitative estimate of drug-likeness (QED) is 0.780. The molecular formula is C18H21NO3S. The average Bonchev–Trinajstić information content (AvgIpc) is 2.56. The van der Waals surface area contributed by atoms with Crippen LogP contribution in [0.15, 0.2) is 53.4 Å². The lowest BCUT2D eigenvalue weighted by molar-refractivity contribution is -0.115. The van der Waals surface area contributed by atoms with Crippen molar-refractivity contribution in [2.75, 3.05) is 19.5 Å². The third-order valence-corrected chi connectivity index (χ3v) is 4.36. The summed E-state index contributed by atoms with van der Waals surface area (Å²) in [5.41, 5.74) is 1.81. The SMILES string of the molecule is COCc1cccc(NC(=O)C(C)Sc2ccc(OC)cc2)c1. The number of ether oxygens (including phenoxy) is 2. The van der Waals surface area contributed by atoms with Gasteiger partial charge in [-0.1, -0.05) is 12.1 Å². The predicted molar refractivity (Wildman–Crippen MR) is 94.1 cm³/mol. The highest BCUT2D eigenvalue weighted by Gasteiger charge is 2.14. The van der Waals surface area contributed by atoms with Crippen molar-refractivity contribution in [2.24, 2.45) is 0 Å². The van der Waals surface area contributed by atoms with E-state index >= 15 is 0 Å². The van der Waals surface area contributed by atoms with Gasteiger partial charge in [0.2, 0.25) is 5.91 Å². The molecule has 0 saturated heterocycles. The number of carbonyl (C=O) groups is 1. The lowest BCUT2D eigenvalue weighted by Gasteiger charge is -2.13. The monoisotopic (exact) mass is 331 g/mol. The van der Waals surface area contributed by atoms with E-state index in [2.05, 4.69) is 5.32 Å². The van der Waals surface area contributed by atoms with E-state index in [0.29, 0.717) is 6.61 Å². The van der Waals surface area contributed by atoms with Gasteiger partial charge in [-0.3, -0.25) is 4.79 Å². The van der Waals surface area contributed by atoms with E-state index in [1.165, 1.54) is 11.8 Å². The van der Waals surface area contributed by atoms with E-state index in [1.807, 2.05) is 55.5 Å². The minimum Gasteiger partial charge on any atom is -0.497 e. The minimum atomic E-state index is -0.200. The highest BCUT2D eigenvalue weighted by Crippen LogP contribution is 2.26. The normalized spacial score (nSPS) is 11.8. The van der Waals surface area contributed by atoms with E-state index in [0.717, 1.165) is 21.9 Å². The van der Waals surface area contributed by atoms with Crippen LogP contribution in [0.1, 0.15) is 12.5 Å². The lowest BCUT2D eigenvalue weighted by Crippen LogP contribution is -2.22. The van der Waals surface area contributed by atoms with Crippen LogP contribution in [0.2, 0.25) is 0 Å². The van der Waals surface area contributed by atoms with Crippen molar-refractivity contribution in [1.82, 2.24) is 0 Å². The van der Waals surface area contributed by atoms with Gasteiger partial charge in [-0.15, -0.1) is 11.8 Å². The molecule has 0 heterocycles. The van der Waals surface area contributed by atoms with Crippen LogP contribution in [0.25, 0.3) is 0 Å². The molecule has 0 bridgehead atoms. The van der Waals surface area contributed by atoms with Crippen LogP contribution in [0, 0.1) is 0 Å². The molecular weight excluding hydrogens is 310 g/mol. The fourth-order valence-corrected chi connectivity index (χ4v) is 2.93. The number of benzene rings is 2. The number of carbonyl (C=O) groups excluding carboxylic acids is 1. The Morgan fingerprint density at radius 2 is 1.91 bits per heavy atom. The summed E-state index contributed by atoms with van der Waals surface area (Å²) in [6.45, 7) is 2.42. The molecule has 2 rings (SSSR count). The zero-order valence-corrected chi connectivity index (χ0v) is 14.4. The first-order chi connectivity index (χ1) is 11.1. The Kier molecular flexibility index (Phi) is 6.50. The van der Waals surface area contributed by atoms with Crippen LogP contribution in [0.3, 0.4) is 0 Å². The summed E-state index contributed by atoms with van der Waals surface area (Å²) in [6.07, 6.45) is 0. The number of thioether (sulfide) groups is 1. The van der Waals surface area contributed by atoms with E-state index in [1.54, 1.807) is 14.2 Å². The molecule has 0 aromatic heterocycles. The van der Waals surface area contributed by atoms with Gasteiger partial charge < -0.3 is 14.8 Å².